The molecule has 1 aliphatic carbocycles. The van der Waals surface area contributed by atoms with Crippen LogP contribution in [0.4, 0.5) is 0 Å². The lowest BCUT2D eigenvalue weighted by Crippen LogP contribution is -2.46. The molecular weight excluding hydrogens is 212 g/mol. The fraction of sp³-hybridized carbons (Fsp3) is 0.867. The van der Waals surface area contributed by atoms with Crippen LogP contribution in [0.25, 0.3) is 0 Å². The predicted octanol–water partition coefficient (Wildman–Crippen LogP) is 3.77. The molecule has 0 bridgehead atoms. The number of ether oxygens (including phenoxy) is 2. The van der Waals surface area contributed by atoms with Gasteiger partial charge >= 0.3 is 0 Å². The first-order valence-corrected chi connectivity index (χ1v) is 6.86. The van der Waals surface area contributed by atoms with E-state index in [0.717, 1.165) is 13.0 Å². The molecule has 98 valence electrons. The fourth-order valence-electron chi connectivity index (χ4n) is 3.32. The zero-order chi connectivity index (χ0) is 12.6. The minimum atomic E-state index is -0.0292. The van der Waals surface area contributed by atoms with Crippen molar-refractivity contribution >= 4 is 0 Å². The van der Waals surface area contributed by atoms with Gasteiger partial charge in [0.05, 0.1) is 12.2 Å². The Morgan fingerprint density at radius 1 is 1.29 bits per heavy atom. The van der Waals surface area contributed by atoms with E-state index in [-0.39, 0.29) is 11.9 Å². The highest BCUT2D eigenvalue weighted by atomic mass is 16.7. The van der Waals surface area contributed by atoms with Gasteiger partial charge in [0.15, 0.2) is 6.29 Å². The van der Waals surface area contributed by atoms with Gasteiger partial charge in [-0.05, 0) is 45.4 Å². The van der Waals surface area contributed by atoms with Crippen molar-refractivity contribution in [3.05, 3.63) is 11.6 Å². The molecule has 0 spiro atoms. The Hall–Kier alpha value is -0.340. The molecule has 1 fully saturated rings. The van der Waals surface area contributed by atoms with Crippen molar-refractivity contribution in [3.8, 4) is 0 Å². The Morgan fingerprint density at radius 2 is 2.00 bits per heavy atom. The zero-order valence-electron chi connectivity index (χ0n) is 11.8. The smallest absolute Gasteiger partial charge is 0.161 e. The third kappa shape index (κ3) is 2.92. The Bertz CT molecular complexity index is 306. The van der Waals surface area contributed by atoms with Crippen LogP contribution in [0.1, 0.15) is 47.5 Å². The molecule has 0 N–H and O–H groups in total. The molecule has 17 heavy (non-hydrogen) atoms. The molecule has 0 saturated carbocycles. The fourth-order valence-corrected chi connectivity index (χ4v) is 3.32. The molecule has 2 nitrogen and oxygen atoms in total. The van der Waals surface area contributed by atoms with Crippen LogP contribution in [-0.2, 0) is 9.47 Å². The van der Waals surface area contributed by atoms with E-state index in [1.807, 2.05) is 0 Å². The number of hydrogen-bond donors (Lipinski definition) is 0. The Labute approximate surface area is 105 Å². The van der Waals surface area contributed by atoms with Gasteiger partial charge in [0.25, 0.3) is 0 Å². The SMILES string of the molecule is CC1=C[C@@H](C)[C@H]([C@@H]2OCCC(C)(C)O2)[C@@H](C)C1. The number of allylic oxidation sites excluding steroid dienone is 2. The maximum Gasteiger partial charge on any atom is 0.161 e. The summed E-state index contributed by atoms with van der Waals surface area (Å²) in [6, 6.07) is 0. The lowest BCUT2D eigenvalue weighted by Gasteiger charge is -2.44. The van der Waals surface area contributed by atoms with Crippen molar-refractivity contribution in [1.82, 2.24) is 0 Å². The van der Waals surface area contributed by atoms with Crippen molar-refractivity contribution in [3.63, 3.8) is 0 Å². The van der Waals surface area contributed by atoms with E-state index in [1.165, 1.54) is 12.0 Å². The van der Waals surface area contributed by atoms with Gasteiger partial charge in [-0.2, -0.15) is 0 Å². The van der Waals surface area contributed by atoms with Crippen molar-refractivity contribution in [2.75, 3.05) is 6.61 Å². The Kier molecular flexibility index (Phi) is 3.65. The molecule has 4 atom stereocenters. The Balaban J connectivity index is 2.11. The van der Waals surface area contributed by atoms with Gasteiger partial charge in [-0.25, -0.2) is 0 Å². The largest absolute Gasteiger partial charge is 0.352 e. The summed E-state index contributed by atoms with van der Waals surface area (Å²) in [5, 5.41) is 0. The van der Waals surface area contributed by atoms with Gasteiger partial charge in [0.2, 0.25) is 0 Å². The molecule has 1 heterocycles. The zero-order valence-corrected chi connectivity index (χ0v) is 11.8. The summed E-state index contributed by atoms with van der Waals surface area (Å²) < 4.78 is 12.0. The third-order valence-electron chi connectivity index (χ3n) is 4.19. The highest BCUT2D eigenvalue weighted by molar-refractivity contribution is 5.09. The van der Waals surface area contributed by atoms with Crippen molar-refractivity contribution in [2.45, 2.75) is 59.4 Å². The van der Waals surface area contributed by atoms with Crippen molar-refractivity contribution < 1.29 is 9.47 Å². The van der Waals surface area contributed by atoms with E-state index in [4.69, 9.17) is 9.47 Å². The van der Waals surface area contributed by atoms with Crippen molar-refractivity contribution in [1.29, 1.82) is 0 Å². The summed E-state index contributed by atoms with van der Waals surface area (Å²) in [6.07, 6.45) is 4.54. The molecule has 0 unspecified atom stereocenters. The summed E-state index contributed by atoms with van der Waals surface area (Å²) in [4.78, 5) is 0. The van der Waals surface area contributed by atoms with Gasteiger partial charge in [-0.15, -0.1) is 0 Å². The summed E-state index contributed by atoms with van der Waals surface area (Å²) in [5.74, 6) is 1.70. The van der Waals surface area contributed by atoms with Crippen LogP contribution in [0.5, 0.6) is 0 Å². The van der Waals surface area contributed by atoms with E-state index in [2.05, 4.69) is 40.7 Å². The van der Waals surface area contributed by atoms with Crippen LogP contribution in [0, 0.1) is 17.8 Å². The van der Waals surface area contributed by atoms with E-state index < -0.39 is 0 Å². The highest BCUT2D eigenvalue weighted by Crippen LogP contribution is 2.40. The second-order valence-corrected chi connectivity index (χ2v) is 6.50. The molecule has 0 aromatic rings. The highest BCUT2D eigenvalue weighted by Gasteiger charge is 2.40. The normalized spacial score (nSPS) is 42.1. The molecule has 2 aliphatic rings. The number of rotatable bonds is 1. The van der Waals surface area contributed by atoms with Gasteiger partial charge in [-0.3, -0.25) is 0 Å². The molecule has 0 aromatic carbocycles. The van der Waals surface area contributed by atoms with Crippen LogP contribution in [0.15, 0.2) is 11.6 Å². The van der Waals surface area contributed by atoms with Crippen LogP contribution in [0.3, 0.4) is 0 Å². The predicted molar refractivity (Wildman–Crippen MR) is 69.7 cm³/mol. The molecular formula is C15H26O2. The number of hydrogen-bond acceptors (Lipinski definition) is 2. The average Bonchev–Trinajstić information content (AvgIpc) is 2.13. The third-order valence-corrected chi connectivity index (χ3v) is 4.19. The molecule has 0 aromatic heterocycles. The lowest BCUT2D eigenvalue weighted by atomic mass is 9.74. The van der Waals surface area contributed by atoms with Crippen LogP contribution >= 0.6 is 0 Å². The van der Waals surface area contributed by atoms with Gasteiger partial charge < -0.3 is 9.47 Å². The topological polar surface area (TPSA) is 18.5 Å². The van der Waals surface area contributed by atoms with Crippen LogP contribution in [-0.4, -0.2) is 18.5 Å². The van der Waals surface area contributed by atoms with Crippen LogP contribution < -0.4 is 0 Å². The molecule has 1 saturated heterocycles. The second-order valence-electron chi connectivity index (χ2n) is 6.50. The van der Waals surface area contributed by atoms with Gasteiger partial charge in [0.1, 0.15) is 0 Å². The lowest BCUT2D eigenvalue weighted by molar-refractivity contribution is -0.275. The van der Waals surface area contributed by atoms with E-state index in [9.17, 15) is 0 Å². The minimum absolute atomic E-state index is 0.0203. The second kappa shape index (κ2) is 4.74. The molecule has 2 rings (SSSR count). The van der Waals surface area contributed by atoms with E-state index >= 15 is 0 Å². The molecule has 0 amide bonds. The molecule has 0 radical (unpaired) electrons. The summed E-state index contributed by atoms with van der Waals surface area (Å²) in [5.41, 5.74) is 1.48. The summed E-state index contributed by atoms with van der Waals surface area (Å²) in [7, 11) is 0. The first-order valence-electron chi connectivity index (χ1n) is 6.86. The van der Waals surface area contributed by atoms with Crippen LogP contribution in [0.2, 0.25) is 0 Å². The summed E-state index contributed by atoms with van der Waals surface area (Å²) in [6.45, 7) is 12.0. The maximum absolute atomic E-state index is 6.14. The monoisotopic (exact) mass is 238 g/mol. The van der Waals surface area contributed by atoms with Gasteiger partial charge in [0, 0.05) is 5.92 Å². The quantitative estimate of drug-likeness (QED) is 0.647. The van der Waals surface area contributed by atoms with Gasteiger partial charge in [-0.1, -0.05) is 25.5 Å². The van der Waals surface area contributed by atoms with E-state index in [1.54, 1.807) is 0 Å². The maximum atomic E-state index is 6.14. The molecule has 2 heteroatoms. The van der Waals surface area contributed by atoms with E-state index in [0.29, 0.717) is 17.8 Å². The molecule has 1 aliphatic heterocycles. The summed E-state index contributed by atoms with van der Waals surface area (Å²) >= 11 is 0. The first-order chi connectivity index (χ1) is 7.89. The average molecular weight is 238 g/mol. The standard InChI is InChI=1S/C15H26O2/c1-10-8-11(2)13(12(3)9-10)14-16-7-6-15(4,5)17-14/h8,11-14H,6-7,9H2,1-5H3/t11-,12+,13+,14-/m1/s1. The first kappa shape index (κ1) is 13.1. The minimum Gasteiger partial charge on any atom is -0.352 e. The van der Waals surface area contributed by atoms with Crippen molar-refractivity contribution in [2.24, 2.45) is 17.8 Å². The Morgan fingerprint density at radius 3 is 2.59 bits per heavy atom.